The molecule has 1 aliphatic heterocycles. The number of piperidine rings is 1. The van der Waals surface area contributed by atoms with E-state index in [1.807, 2.05) is 0 Å². The Balaban J connectivity index is 2.54. The summed E-state index contributed by atoms with van der Waals surface area (Å²) in [5, 5.41) is 8.62. The Bertz CT molecular complexity index is 278. The number of rotatable bonds is 5. The van der Waals surface area contributed by atoms with Gasteiger partial charge in [0.25, 0.3) is 0 Å². The fourth-order valence-corrected chi connectivity index (χ4v) is 3.28. The zero-order chi connectivity index (χ0) is 11.3. The minimum Gasteiger partial charge on any atom is -0.396 e. The Morgan fingerprint density at radius 1 is 1.53 bits per heavy atom. The smallest absolute Gasteiger partial charge is 0.214 e. The predicted molar refractivity (Wildman–Crippen MR) is 57.1 cm³/mol. The van der Waals surface area contributed by atoms with Crippen LogP contribution < -0.4 is 0 Å². The van der Waals surface area contributed by atoms with Crippen LogP contribution in [0.25, 0.3) is 0 Å². The van der Waals surface area contributed by atoms with Crippen molar-refractivity contribution in [2.45, 2.75) is 25.4 Å². The van der Waals surface area contributed by atoms with Crippen LogP contribution in [0, 0.1) is 0 Å². The summed E-state index contributed by atoms with van der Waals surface area (Å²) < 4.78 is 30.2. The Morgan fingerprint density at radius 2 is 2.27 bits per heavy atom. The Morgan fingerprint density at radius 3 is 2.87 bits per heavy atom. The van der Waals surface area contributed by atoms with E-state index in [2.05, 4.69) is 0 Å². The minimum absolute atomic E-state index is 0.0163. The molecule has 0 aliphatic carbocycles. The fraction of sp³-hybridized carbons (Fsp3) is 1.00. The molecular formula is C9H19NO4S. The summed E-state index contributed by atoms with van der Waals surface area (Å²) in [6.45, 7) is 0.943. The van der Waals surface area contributed by atoms with Gasteiger partial charge in [0.05, 0.1) is 11.9 Å². The predicted octanol–water partition coefficient (Wildman–Crippen LogP) is -0.191. The Labute approximate surface area is 91.1 Å². The molecule has 1 heterocycles. The van der Waals surface area contributed by atoms with Gasteiger partial charge in [0.1, 0.15) is 0 Å². The van der Waals surface area contributed by atoms with Crippen molar-refractivity contribution in [2.24, 2.45) is 0 Å². The second-order valence-electron chi connectivity index (χ2n) is 3.75. The molecule has 90 valence electrons. The van der Waals surface area contributed by atoms with E-state index >= 15 is 0 Å². The molecule has 1 atom stereocenters. The van der Waals surface area contributed by atoms with Crippen LogP contribution in [-0.2, 0) is 14.8 Å². The summed E-state index contributed by atoms with van der Waals surface area (Å²) >= 11 is 0. The van der Waals surface area contributed by atoms with Gasteiger partial charge in [-0.25, -0.2) is 8.42 Å². The van der Waals surface area contributed by atoms with E-state index in [1.165, 1.54) is 4.31 Å². The first-order chi connectivity index (χ1) is 7.10. The topological polar surface area (TPSA) is 66.8 Å². The highest BCUT2D eigenvalue weighted by atomic mass is 32.2. The van der Waals surface area contributed by atoms with Crippen LogP contribution in [0.15, 0.2) is 0 Å². The molecule has 1 aliphatic rings. The monoisotopic (exact) mass is 237 g/mol. The number of nitrogens with zero attached hydrogens (tertiary/aromatic N) is 1. The molecule has 1 unspecified atom stereocenters. The molecule has 0 amide bonds. The molecule has 0 saturated carbocycles. The maximum Gasteiger partial charge on any atom is 0.214 e. The third-order valence-corrected chi connectivity index (χ3v) is 4.55. The minimum atomic E-state index is -3.20. The number of methoxy groups -OCH3 is 1. The van der Waals surface area contributed by atoms with E-state index in [4.69, 9.17) is 9.84 Å². The van der Waals surface area contributed by atoms with Gasteiger partial charge in [0, 0.05) is 26.8 Å². The molecule has 0 aromatic heterocycles. The SMILES string of the molecule is COC1CCCN(S(=O)(=O)CCCO)C1. The molecule has 0 bridgehead atoms. The van der Waals surface area contributed by atoms with Crippen LogP contribution >= 0.6 is 0 Å². The zero-order valence-electron chi connectivity index (χ0n) is 9.05. The lowest BCUT2D eigenvalue weighted by Crippen LogP contribution is -2.43. The fourth-order valence-electron chi connectivity index (χ4n) is 1.73. The molecule has 1 fully saturated rings. The molecule has 0 radical (unpaired) electrons. The first kappa shape index (κ1) is 12.9. The van der Waals surface area contributed by atoms with E-state index < -0.39 is 10.0 Å². The normalized spacial score (nSPS) is 24.3. The summed E-state index contributed by atoms with van der Waals surface area (Å²) in [5.41, 5.74) is 0. The van der Waals surface area contributed by atoms with Crippen LogP contribution in [-0.4, -0.2) is 56.5 Å². The summed E-state index contributed by atoms with van der Waals surface area (Å²) in [6, 6.07) is 0. The van der Waals surface area contributed by atoms with Gasteiger partial charge in [-0.3, -0.25) is 0 Å². The third kappa shape index (κ3) is 3.71. The van der Waals surface area contributed by atoms with Gasteiger partial charge in [-0.2, -0.15) is 4.31 Å². The molecular weight excluding hydrogens is 218 g/mol. The lowest BCUT2D eigenvalue weighted by Gasteiger charge is -2.30. The van der Waals surface area contributed by atoms with E-state index in [1.54, 1.807) is 7.11 Å². The van der Waals surface area contributed by atoms with E-state index in [9.17, 15) is 8.42 Å². The molecule has 5 nitrogen and oxygen atoms in total. The molecule has 0 aromatic carbocycles. The van der Waals surface area contributed by atoms with Gasteiger partial charge in [0.2, 0.25) is 10.0 Å². The lowest BCUT2D eigenvalue weighted by molar-refractivity contribution is 0.0571. The number of ether oxygens (including phenoxy) is 1. The highest BCUT2D eigenvalue weighted by Crippen LogP contribution is 2.16. The maximum atomic E-state index is 11.8. The molecule has 15 heavy (non-hydrogen) atoms. The van der Waals surface area contributed by atoms with Crippen LogP contribution in [0.1, 0.15) is 19.3 Å². The molecule has 1 saturated heterocycles. The van der Waals surface area contributed by atoms with Crippen molar-refractivity contribution in [2.75, 3.05) is 32.6 Å². The van der Waals surface area contributed by atoms with Crippen molar-refractivity contribution in [1.82, 2.24) is 4.31 Å². The van der Waals surface area contributed by atoms with Crippen LogP contribution in [0.2, 0.25) is 0 Å². The highest BCUT2D eigenvalue weighted by Gasteiger charge is 2.28. The molecule has 1 N–H and O–H groups in total. The largest absolute Gasteiger partial charge is 0.396 e. The van der Waals surface area contributed by atoms with Crippen molar-refractivity contribution in [3.05, 3.63) is 0 Å². The molecule has 0 spiro atoms. The van der Waals surface area contributed by atoms with E-state index in [0.717, 1.165) is 12.8 Å². The molecule has 1 rings (SSSR count). The summed E-state index contributed by atoms with van der Waals surface area (Å²) in [6.07, 6.45) is 2.08. The van der Waals surface area contributed by atoms with Crippen LogP contribution in [0.4, 0.5) is 0 Å². The van der Waals surface area contributed by atoms with Gasteiger partial charge in [-0.15, -0.1) is 0 Å². The second kappa shape index (κ2) is 5.79. The molecule has 6 heteroatoms. The number of sulfonamides is 1. The van der Waals surface area contributed by atoms with Gasteiger partial charge < -0.3 is 9.84 Å². The number of aliphatic hydroxyl groups is 1. The van der Waals surface area contributed by atoms with E-state index in [-0.39, 0.29) is 18.5 Å². The number of hydrogen-bond donors (Lipinski definition) is 1. The first-order valence-corrected chi connectivity index (χ1v) is 6.82. The van der Waals surface area contributed by atoms with Crippen molar-refractivity contribution in [3.8, 4) is 0 Å². The Hall–Kier alpha value is -0.170. The second-order valence-corrected chi connectivity index (χ2v) is 5.84. The van der Waals surface area contributed by atoms with Crippen molar-refractivity contribution in [1.29, 1.82) is 0 Å². The third-order valence-electron chi connectivity index (χ3n) is 2.63. The zero-order valence-corrected chi connectivity index (χ0v) is 9.87. The number of hydrogen-bond acceptors (Lipinski definition) is 4. The van der Waals surface area contributed by atoms with Gasteiger partial charge in [-0.1, -0.05) is 0 Å². The van der Waals surface area contributed by atoms with Crippen molar-refractivity contribution < 1.29 is 18.3 Å². The van der Waals surface area contributed by atoms with Gasteiger partial charge in [0.15, 0.2) is 0 Å². The van der Waals surface area contributed by atoms with Crippen LogP contribution in [0.3, 0.4) is 0 Å². The summed E-state index contributed by atoms with van der Waals surface area (Å²) in [7, 11) is -1.59. The first-order valence-electron chi connectivity index (χ1n) is 5.21. The van der Waals surface area contributed by atoms with Crippen molar-refractivity contribution >= 4 is 10.0 Å². The Kier molecular flexibility index (Phi) is 4.98. The standard InChI is InChI=1S/C9H19NO4S/c1-14-9-4-2-5-10(8-9)15(12,13)7-3-6-11/h9,11H,2-8H2,1H3. The quantitative estimate of drug-likeness (QED) is 0.719. The lowest BCUT2D eigenvalue weighted by atomic mass is 10.1. The van der Waals surface area contributed by atoms with Crippen molar-refractivity contribution in [3.63, 3.8) is 0 Å². The van der Waals surface area contributed by atoms with Crippen LogP contribution in [0.5, 0.6) is 0 Å². The maximum absolute atomic E-state index is 11.8. The number of aliphatic hydroxyl groups excluding tert-OH is 1. The van der Waals surface area contributed by atoms with Gasteiger partial charge in [-0.05, 0) is 19.3 Å². The van der Waals surface area contributed by atoms with Gasteiger partial charge >= 0.3 is 0 Å². The highest BCUT2D eigenvalue weighted by molar-refractivity contribution is 7.89. The average molecular weight is 237 g/mol. The van der Waals surface area contributed by atoms with E-state index in [0.29, 0.717) is 19.5 Å². The summed E-state index contributed by atoms with van der Waals surface area (Å²) in [4.78, 5) is 0. The average Bonchev–Trinajstić information content (AvgIpc) is 2.26. The summed E-state index contributed by atoms with van der Waals surface area (Å²) in [5.74, 6) is 0.0277. The molecule has 0 aromatic rings.